The Kier molecular flexibility index (Phi) is 3.99. The number of H-pyrrole nitrogens is 1. The molecule has 0 aliphatic carbocycles. The van der Waals surface area contributed by atoms with E-state index >= 15 is 0 Å². The van der Waals surface area contributed by atoms with Gasteiger partial charge < -0.3 is 5.32 Å². The fraction of sp³-hybridized carbons (Fsp3) is 0. The lowest BCUT2D eigenvalue weighted by molar-refractivity contribution is 0.699. The van der Waals surface area contributed by atoms with Crippen molar-refractivity contribution in [2.45, 2.75) is 0 Å². The number of aromatic amines is 1. The number of hydrogen-bond donors (Lipinski definition) is 2. The number of aromatic nitrogens is 6. The average Bonchev–Trinajstić information content (AvgIpc) is 3.31. The summed E-state index contributed by atoms with van der Waals surface area (Å²) in [7, 11) is 0. The molecule has 4 rings (SSSR count). The third-order valence-electron chi connectivity index (χ3n) is 3.52. The van der Waals surface area contributed by atoms with E-state index in [0.717, 1.165) is 22.5 Å². The molecule has 2 heterocycles. The molecule has 2 aromatic carbocycles. The maximum absolute atomic E-state index is 4.32. The van der Waals surface area contributed by atoms with Gasteiger partial charge in [-0.25, -0.2) is 0 Å². The Labute approximate surface area is 143 Å². The van der Waals surface area contributed by atoms with Crippen LogP contribution in [0.15, 0.2) is 72.0 Å². The monoisotopic (exact) mass is 330 g/mol. The van der Waals surface area contributed by atoms with Crippen molar-refractivity contribution < 1.29 is 0 Å². The summed E-state index contributed by atoms with van der Waals surface area (Å²) < 4.78 is 0. The number of nitrogens with zero attached hydrogens (tertiary/aromatic N) is 6. The zero-order valence-electron chi connectivity index (χ0n) is 13.1. The Bertz CT molecular complexity index is 972. The minimum absolute atomic E-state index is 0.423. The average molecular weight is 330 g/mol. The van der Waals surface area contributed by atoms with Crippen LogP contribution in [0.3, 0.4) is 0 Å². The van der Waals surface area contributed by atoms with E-state index in [1.54, 1.807) is 12.4 Å². The molecule has 0 radical (unpaired) electrons. The lowest BCUT2D eigenvalue weighted by atomic mass is 10.1. The Hall–Kier alpha value is -3.81. The molecule has 0 aliphatic rings. The maximum atomic E-state index is 4.32. The number of rotatable bonds is 5. The molecule has 0 fully saturated rings. The van der Waals surface area contributed by atoms with Gasteiger partial charge in [0.15, 0.2) is 0 Å². The van der Waals surface area contributed by atoms with Gasteiger partial charge in [0.25, 0.3) is 5.95 Å². The molecule has 8 nitrogen and oxygen atoms in total. The van der Waals surface area contributed by atoms with E-state index in [2.05, 4.69) is 36.1 Å². The van der Waals surface area contributed by atoms with Crippen molar-refractivity contribution in [1.29, 1.82) is 0 Å². The van der Waals surface area contributed by atoms with Crippen LogP contribution in [0.5, 0.6) is 0 Å². The van der Waals surface area contributed by atoms with Crippen molar-refractivity contribution in [2.24, 2.45) is 5.10 Å². The van der Waals surface area contributed by atoms with Crippen molar-refractivity contribution in [3.05, 3.63) is 72.4 Å². The highest BCUT2D eigenvalue weighted by Gasteiger charge is 2.07. The highest BCUT2D eigenvalue weighted by Crippen LogP contribution is 2.19. The fourth-order valence-corrected chi connectivity index (χ4v) is 2.33. The van der Waals surface area contributed by atoms with Crippen molar-refractivity contribution in [3.63, 3.8) is 0 Å². The molecule has 122 valence electrons. The van der Waals surface area contributed by atoms with Crippen molar-refractivity contribution in [1.82, 2.24) is 30.5 Å². The van der Waals surface area contributed by atoms with Crippen molar-refractivity contribution >= 4 is 17.9 Å². The van der Waals surface area contributed by atoms with Gasteiger partial charge in [-0.3, -0.25) is 5.10 Å². The molecule has 0 bridgehead atoms. The zero-order valence-corrected chi connectivity index (χ0v) is 13.1. The van der Waals surface area contributed by atoms with Gasteiger partial charge in [-0.05, 0) is 22.6 Å². The first kappa shape index (κ1) is 14.8. The highest BCUT2D eigenvalue weighted by atomic mass is 15.7. The van der Waals surface area contributed by atoms with Gasteiger partial charge in [0, 0.05) is 16.8 Å². The lowest BCUT2D eigenvalue weighted by Gasteiger charge is -2.02. The van der Waals surface area contributed by atoms with Crippen LogP contribution < -0.4 is 5.32 Å². The molecular formula is C17H14N8. The van der Waals surface area contributed by atoms with Crippen LogP contribution in [0.25, 0.3) is 11.3 Å². The van der Waals surface area contributed by atoms with Gasteiger partial charge in [-0.1, -0.05) is 58.4 Å². The summed E-state index contributed by atoms with van der Waals surface area (Å²) in [6, 6.07) is 19.6. The van der Waals surface area contributed by atoms with E-state index in [9.17, 15) is 0 Å². The predicted octanol–water partition coefficient (Wildman–Crippen LogP) is 2.69. The first-order chi connectivity index (χ1) is 12.4. The molecule has 0 saturated heterocycles. The molecule has 0 spiro atoms. The second kappa shape index (κ2) is 6.75. The number of hydrogen-bond acceptors (Lipinski definition) is 6. The van der Waals surface area contributed by atoms with Gasteiger partial charge in [0.2, 0.25) is 0 Å². The zero-order chi connectivity index (χ0) is 16.9. The Morgan fingerprint density at radius 1 is 1.00 bits per heavy atom. The highest BCUT2D eigenvalue weighted by molar-refractivity contribution is 5.88. The first-order valence-corrected chi connectivity index (χ1v) is 7.64. The third kappa shape index (κ3) is 3.27. The number of para-hydroxylation sites is 1. The molecule has 0 unspecified atom stereocenters. The minimum atomic E-state index is 0.423. The largest absolute Gasteiger partial charge is 0.321 e. The van der Waals surface area contributed by atoms with Gasteiger partial charge >= 0.3 is 0 Å². The van der Waals surface area contributed by atoms with Crippen LogP contribution in [0.2, 0.25) is 0 Å². The van der Waals surface area contributed by atoms with Crippen LogP contribution in [-0.4, -0.2) is 36.7 Å². The molecule has 4 aromatic rings. The Balaban J connectivity index is 1.58. The standard InChI is InChI=1S/C17H14N8/c1-3-7-13(8-4-1)16-14(11-18-21-16)12-19-25-17(22-23-24-25)20-15-9-5-2-6-10-15/h1-12H,(H,18,21)(H,20,22,24). The molecule has 2 aromatic heterocycles. The molecule has 0 saturated carbocycles. The molecule has 8 heteroatoms. The van der Waals surface area contributed by atoms with E-state index in [4.69, 9.17) is 0 Å². The summed E-state index contributed by atoms with van der Waals surface area (Å²) >= 11 is 0. The summed E-state index contributed by atoms with van der Waals surface area (Å²) in [6.07, 6.45) is 3.37. The first-order valence-electron chi connectivity index (χ1n) is 7.64. The van der Waals surface area contributed by atoms with E-state index in [1.807, 2.05) is 60.7 Å². The summed E-state index contributed by atoms with van der Waals surface area (Å²) in [6.45, 7) is 0. The van der Waals surface area contributed by atoms with Gasteiger partial charge in [0.1, 0.15) is 0 Å². The Morgan fingerprint density at radius 2 is 1.76 bits per heavy atom. The number of benzene rings is 2. The van der Waals surface area contributed by atoms with Crippen molar-refractivity contribution in [3.8, 4) is 11.3 Å². The van der Waals surface area contributed by atoms with Gasteiger partial charge in [0.05, 0.1) is 18.1 Å². The summed E-state index contributed by atoms with van der Waals surface area (Å²) in [4.78, 5) is 1.33. The normalized spacial score (nSPS) is 11.0. The number of tetrazole rings is 1. The molecule has 0 atom stereocenters. The molecular weight excluding hydrogens is 316 g/mol. The SMILES string of the molecule is C(=Nn1nnnc1Nc1ccccc1)c1cn[nH]c1-c1ccccc1. The van der Waals surface area contributed by atoms with Gasteiger partial charge in [-0.15, -0.1) is 0 Å². The summed E-state index contributed by atoms with van der Waals surface area (Å²) in [5.74, 6) is 0.423. The Morgan fingerprint density at radius 3 is 2.56 bits per heavy atom. The smallest absolute Gasteiger partial charge is 0.269 e. The van der Waals surface area contributed by atoms with Crippen LogP contribution in [0.1, 0.15) is 5.56 Å². The van der Waals surface area contributed by atoms with E-state index in [0.29, 0.717) is 5.95 Å². The number of anilines is 2. The fourth-order valence-electron chi connectivity index (χ4n) is 2.33. The van der Waals surface area contributed by atoms with Gasteiger partial charge in [-0.2, -0.15) is 10.2 Å². The van der Waals surface area contributed by atoms with E-state index in [1.165, 1.54) is 4.79 Å². The van der Waals surface area contributed by atoms with E-state index in [-0.39, 0.29) is 0 Å². The second-order valence-corrected chi connectivity index (χ2v) is 5.19. The van der Waals surface area contributed by atoms with E-state index < -0.39 is 0 Å². The molecule has 0 aliphatic heterocycles. The third-order valence-corrected chi connectivity index (χ3v) is 3.52. The minimum Gasteiger partial charge on any atom is -0.321 e. The quantitative estimate of drug-likeness (QED) is 0.548. The van der Waals surface area contributed by atoms with Crippen LogP contribution in [0.4, 0.5) is 11.6 Å². The molecule has 2 N–H and O–H groups in total. The number of nitrogens with one attached hydrogen (secondary N) is 2. The summed E-state index contributed by atoms with van der Waals surface area (Å²) in [5, 5.41) is 26.0. The van der Waals surface area contributed by atoms with Crippen LogP contribution in [-0.2, 0) is 0 Å². The summed E-state index contributed by atoms with van der Waals surface area (Å²) in [5.41, 5.74) is 3.63. The lowest BCUT2D eigenvalue weighted by Crippen LogP contribution is -2.01. The molecule has 0 amide bonds. The van der Waals surface area contributed by atoms with Crippen LogP contribution >= 0.6 is 0 Å². The van der Waals surface area contributed by atoms with Crippen LogP contribution in [0, 0.1) is 0 Å². The second-order valence-electron chi connectivity index (χ2n) is 5.19. The topological polar surface area (TPSA) is 96.7 Å². The molecule has 25 heavy (non-hydrogen) atoms. The maximum Gasteiger partial charge on any atom is 0.269 e. The predicted molar refractivity (Wildman–Crippen MR) is 94.6 cm³/mol. The van der Waals surface area contributed by atoms with Crippen molar-refractivity contribution in [2.75, 3.05) is 5.32 Å².